The van der Waals surface area contributed by atoms with Gasteiger partial charge in [0.2, 0.25) is 0 Å². The van der Waals surface area contributed by atoms with E-state index < -0.39 is 0 Å². The minimum absolute atomic E-state index is 0.275. The van der Waals surface area contributed by atoms with Gasteiger partial charge in [0.15, 0.2) is 6.29 Å². The van der Waals surface area contributed by atoms with Crippen LogP contribution in [0.25, 0.3) is 11.1 Å². The van der Waals surface area contributed by atoms with Crippen LogP contribution in [-0.4, -0.2) is 11.3 Å². The molecule has 0 atom stereocenters. The van der Waals surface area contributed by atoms with E-state index in [4.69, 9.17) is 11.6 Å². The zero-order valence-electron chi connectivity index (χ0n) is 9.48. The topological polar surface area (TPSA) is 30.0 Å². The van der Waals surface area contributed by atoms with Gasteiger partial charge in [-0.3, -0.25) is 4.79 Å². The van der Waals surface area contributed by atoms with Gasteiger partial charge in [0.25, 0.3) is 0 Å². The average Bonchev–Trinajstić information content (AvgIpc) is 2.39. The summed E-state index contributed by atoms with van der Waals surface area (Å²) in [5.74, 6) is 0. The van der Waals surface area contributed by atoms with Gasteiger partial charge in [0, 0.05) is 11.3 Å². The van der Waals surface area contributed by atoms with E-state index in [2.05, 4.69) is 4.98 Å². The molecule has 0 bridgehead atoms. The Labute approximate surface area is 105 Å². The van der Waals surface area contributed by atoms with Crippen molar-refractivity contribution in [3.05, 3.63) is 52.8 Å². The van der Waals surface area contributed by atoms with Gasteiger partial charge in [-0.15, -0.1) is 0 Å². The summed E-state index contributed by atoms with van der Waals surface area (Å²) < 4.78 is 0. The molecule has 1 heterocycles. The Bertz CT molecular complexity index is 537. The SMILES string of the molecule is CCc1nc(Cl)c(C=O)cc1-c1ccccc1. The zero-order valence-corrected chi connectivity index (χ0v) is 10.2. The van der Waals surface area contributed by atoms with E-state index >= 15 is 0 Å². The fraction of sp³-hybridized carbons (Fsp3) is 0.143. The third-order valence-corrected chi connectivity index (χ3v) is 2.93. The van der Waals surface area contributed by atoms with Crippen molar-refractivity contribution >= 4 is 17.9 Å². The molecule has 0 aliphatic rings. The third kappa shape index (κ3) is 2.37. The smallest absolute Gasteiger partial charge is 0.153 e. The van der Waals surface area contributed by atoms with E-state index in [0.717, 1.165) is 29.5 Å². The van der Waals surface area contributed by atoms with Crippen LogP contribution in [0, 0.1) is 0 Å². The average molecular weight is 246 g/mol. The minimum Gasteiger partial charge on any atom is -0.298 e. The Morgan fingerprint density at radius 3 is 2.59 bits per heavy atom. The highest BCUT2D eigenvalue weighted by atomic mass is 35.5. The molecular formula is C14H12ClNO. The van der Waals surface area contributed by atoms with Crippen LogP contribution in [0.5, 0.6) is 0 Å². The van der Waals surface area contributed by atoms with Crippen LogP contribution in [0.15, 0.2) is 36.4 Å². The first-order valence-electron chi connectivity index (χ1n) is 5.46. The van der Waals surface area contributed by atoms with Crippen molar-refractivity contribution in [2.75, 3.05) is 0 Å². The number of hydrogen-bond acceptors (Lipinski definition) is 2. The number of nitrogens with zero attached hydrogens (tertiary/aromatic N) is 1. The summed E-state index contributed by atoms with van der Waals surface area (Å²) in [5, 5.41) is 0.275. The fourth-order valence-corrected chi connectivity index (χ4v) is 1.96. The molecule has 0 saturated heterocycles. The normalized spacial score (nSPS) is 10.2. The van der Waals surface area contributed by atoms with Gasteiger partial charge in [-0.05, 0) is 18.1 Å². The molecule has 2 aromatic rings. The highest BCUT2D eigenvalue weighted by Crippen LogP contribution is 2.26. The molecule has 2 nitrogen and oxygen atoms in total. The van der Waals surface area contributed by atoms with Gasteiger partial charge in [-0.25, -0.2) is 4.98 Å². The molecule has 2 rings (SSSR count). The van der Waals surface area contributed by atoms with Crippen molar-refractivity contribution < 1.29 is 4.79 Å². The van der Waals surface area contributed by atoms with Crippen molar-refractivity contribution in [3.63, 3.8) is 0 Å². The molecule has 0 aliphatic carbocycles. The van der Waals surface area contributed by atoms with Crippen LogP contribution in [0.1, 0.15) is 23.0 Å². The zero-order chi connectivity index (χ0) is 12.3. The van der Waals surface area contributed by atoms with Crippen LogP contribution < -0.4 is 0 Å². The first-order chi connectivity index (χ1) is 8.26. The molecular weight excluding hydrogens is 234 g/mol. The predicted octanol–water partition coefficient (Wildman–Crippen LogP) is 3.78. The third-order valence-electron chi connectivity index (χ3n) is 2.63. The summed E-state index contributed by atoms with van der Waals surface area (Å²) in [6.45, 7) is 2.02. The fourth-order valence-electron chi connectivity index (χ4n) is 1.76. The summed E-state index contributed by atoms with van der Waals surface area (Å²) in [4.78, 5) is 15.2. The number of pyridine rings is 1. The maximum Gasteiger partial charge on any atom is 0.153 e. The minimum atomic E-state index is 0.275. The second kappa shape index (κ2) is 5.11. The number of rotatable bonds is 3. The Morgan fingerprint density at radius 1 is 1.29 bits per heavy atom. The predicted molar refractivity (Wildman–Crippen MR) is 69.4 cm³/mol. The first-order valence-corrected chi connectivity index (χ1v) is 5.84. The molecule has 1 aromatic carbocycles. The van der Waals surface area contributed by atoms with E-state index in [1.165, 1.54) is 0 Å². The molecule has 0 N–H and O–H groups in total. The van der Waals surface area contributed by atoms with Crippen molar-refractivity contribution in [1.29, 1.82) is 0 Å². The van der Waals surface area contributed by atoms with E-state index in [1.807, 2.05) is 37.3 Å². The highest BCUT2D eigenvalue weighted by molar-refractivity contribution is 6.31. The van der Waals surface area contributed by atoms with Crippen LogP contribution >= 0.6 is 11.6 Å². The van der Waals surface area contributed by atoms with Gasteiger partial charge in [0.05, 0.1) is 5.56 Å². The number of halogens is 1. The number of carbonyl (C=O) groups excluding carboxylic acids is 1. The molecule has 0 saturated carbocycles. The lowest BCUT2D eigenvalue weighted by atomic mass is 10.0. The van der Waals surface area contributed by atoms with Gasteiger partial charge < -0.3 is 0 Å². The molecule has 0 unspecified atom stereocenters. The van der Waals surface area contributed by atoms with Crippen LogP contribution in [0.4, 0.5) is 0 Å². The Hall–Kier alpha value is -1.67. The second-order valence-electron chi connectivity index (χ2n) is 3.70. The largest absolute Gasteiger partial charge is 0.298 e. The number of aldehydes is 1. The summed E-state index contributed by atoms with van der Waals surface area (Å²) in [7, 11) is 0. The number of aryl methyl sites for hydroxylation is 1. The van der Waals surface area contributed by atoms with Gasteiger partial charge in [-0.1, -0.05) is 48.9 Å². The van der Waals surface area contributed by atoms with Crippen molar-refractivity contribution in [2.45, 2.75) is 13.3 Å². The number of aromatic nitrogens is 1. The Kier molecular flexibility index (Phi) is 3.55. The molecule has 1 aromatic heterocycles. The number of benzene rings is 1. The molecule has 0 aliphatic heterocycles. The standard InChI is InChI=1S/C14H12ClNO/c1-2-13-12(10-6-4-3-5-7-10)8-11(9-17)14(15)16-13/h3-9H,2H2,1H3. The lowest BCUT2D eigenvalue weighted by Crippen LogP contribution is -1.97. The van der Waals surface area contributed by atoms with Crippen LogP contribution in [0.3, 0.4) is 0 Å². The van der Waals surface area contributed by atoms with Crippen molar-refractivity contribution in [2.24, 2.45) is 0 Å². The van der Waals surface area contributed by atoms with E-state index in [0.29, 0.717) is 5.56 Å². The lowest BCUT2D eigenvalue weighted by Gasteiger charge is -2.09. The van der Waals surface area contributed by atoms with Gasteiger partial charge in [0.1, 0.15) is 5.15 Å². The van der Waals surface area contributed by atoms with Crippen molar-refractivity contribution in [3.8, 4) is 11.1 Å². The maximum atomic E-state index is 10.9. The summed E-state index contributed by atoms with van der Waals surface area (Å²) >= 11 is 5.93. The highest BCUT2D eigenvalue weighted by Gasteiger charge is 2.10. The molecule has 0 fully saturated rings. The maximum absolute atomic E-state index is 10.9. The molecule has 0 amide bonds. The van der Waals surface area contributed by atoms with Crippen LogP contribution in [-0.2, 0) is 6.42 Å². The first kappa shape index (κ1) is 11.8. The van der Waals surface area contributed by atoms with E-state index in [9.17, 15) is 4.79 Å². The van der Waals surface area contributed by atoms with Gasteiger partial charge >= 0.3 is 0 Å². The number of carbonyl (C=O) groups is 1. The summed E-state index contributed by atoms with van der Waals surface area (Å²) in [6.07, 6.45) is 1.52. The molecule has 3 heteroatoms. The number of hydrogen-bond donors (Lipinski definition) is 0. The monoisotopic (exact) mass is 245 g/mol. The van der Waals surface area contributed by atoms with E-state index in [1.54, 1.807) is 6.07 Å². The van der Waals surface area contributed by atoms with E-state index in [-0.39, 0.29) is 5.15 Å². The summed E-state index contributed by atoms with van der Waals surface area (Å²) in [5.41, 5.74) is 3.37. The summed E-state index contributed by atoms with van der Waals surface area (Å²) in [6, 6.07) is 11.7. The van der Waals surface area contributed by atoms with Crippen molar-refractivity contribution in [1.82, 2.24) is 4.98 Å². The Morgan fingerprint density at radius 2 is 2.00 bits per heavy atom. The molecule has 0 spiro atoms. The molecule has 86 valence electrons. The molecule has 0 radical (unpaired) electrons. The quantitative estimate of drug-likeness (QED) is 0.609. The van der Waals surface area contributed by atoms with Gasteiger partial charge in [-0.2, -0.15) is 0 Å². The van der Waals surface area contributed by atoms with Crippen LogP contribution in [0.2, 0.25) is 5.15 Å². The second-order valence-corrected chi connectivity index (χ2v) is 4.06. The lowest BCUT2D eigenvalue weighted by molar-refractivity contribution is 0.112. The molecule has 17 heavy (non-hydrogen) atoms. The Balaban J connectivity index is 2.63.